The van der Waals surface area contributed by atoms with Crippen molar-refractivity contribution < 1.29 is 18.1 Å². The van der Waals surface area contributed by atoms with Crippen LogP contribution >= 0.6 is 0 Å². The third-order valence-corrected chi connectivity index (χ3v) is 6.52. The summed E-state index contributed by atoms with van der Waals surface area (Å²) in [5.41, 5.74) is 0.155. The molecule has 2 aliphatic heterocycles. The van der Waals surface area contributed by atoms with Crippen molar-refractivity contribution in [3.05, 3.63) is 28.3 Å². The van der Waals surface area contributed by atoms with Gasteiger partial charge in [0.05, 0.1) is 9.82 Å². The third kappa shape index (κ3) is 4.06. The minimum atomic E-state index is -3.52. The van der Waals surface area contributed by atoms with Crippen LogP contribution in [0.3, 0.4) is 0 Å². The number of nitrogens with one attached hydrogen (secondary N) is 1. The van der Waals surface area contributed by atoms with Gasteiger partial charge in [-0.1, -0.05) is 6.92 Å². The summed E-state index contributed by atoms with van der Waals surface area (Å²) in [6.45, 7) is 5.62. The molecule has 9 nitrogen and oxygen atoms in total. The Morgan fingerprint density at radius 2 is 1.89 bits per heavy atom. The van der Waals surface area contributed by atoms with Gasteiger partial charge in [0.2, 0.25) is 5.91 Å². The number of rotatable bonds is 5. The number of nitro groups is 1. The van der Waals surface area contributed by atoms with Crippen LogP contribution in [0.2, 0.25) is 0 Å². The quantitative estimate of drug-likeness (QED) is 0.570. The molecule has 2 saturated heterocycles. The Morgan fingerprint density at radius 1 is 1.26 bits per heavy atom. The van der Waals surface area contributed by atoms with Gasteiger partial charge in [-0.3, -0.25) is 14.9 Å². The van der Waals surface area contributed by atoms with Gasteiger partial charge in [0.1, 0.15) is 5.69 Å². The van der Waals surface area contributed by atoms with E-state index in [1.165, 1.54) is 12.1 Å². The number of nitro benzene ring substituents is 1. The first-order chi connectivity index (χ1) is 12.7. The molecule has 1 amide bonds. The molecule has 10 heteroatoms. The molecule has 148 valence electrons. The van der Waals surface area contributed by atoms with Gasteiger partial charge >= 0.3 is 0 Å². The zero-order valence-electron chi connectivity index (χ0n) is 15.4. The van der Waals surface area contributed by atoms with Crippen molar-refractivity contribution >= 4 is 27.1 Å². The normalized spacial score (nSPS) is 19.5. The molecule has 0 radical (unpaired) electrons. The van der Waals surface area contributed by atoms with Crippen molar-refractivity contribution in [3.63, 3.8) is 0 Å². The van der Waals surface area contributed by atoms with Crippen LogP contribution in [0.4, 0.5) is 11.4 Å². The third-order valence-electron chi connectivity index (χ3n) is 5.41. The highest BCUT2D eigenvalue weighted by molar-refractivity contribution is 7.90. The van der Waals surface area contributed by atoms with Crippen molar-refractivity contribution in [1.29, 1.82) is 0 Å². The summed E-state index contributed by atoms with van der Waals surface area (Å²) in [5, 5.41) is 14.6. The molecule has 1 unspecified atom stereocenters. The maximum absolute atomic E-state index is 12.6. The minimum Gasteiger partial charge on any atom is -0.362 e. The molecule has 1 N–H and O–H groups in total. The average molecular weight is 396 g/mol. The van der Waals surface area contributed by atoms with Gasteiger partial charge in [-0.15, -0.1) is 0 Å². The van der Waals surface area contributed by atoms with Gasteiger partial charge in [-0.25, -0.2) is 8.42 Å². The van der Waals surface area contributed by atoms with E-state index in [0.717, 1.165) is 25.4 Å². The molecule has 1 aromatic carbocycles. The van der Waals surface area contributed by atoms with Crippen LogP contribution in [-0.2, 0) is 14.6 Å². The first-order valence-electron chi connectivity index (χ1n) is 8.91. The number of benzene rings is 1. The number of carbonyl (C=O) groups excluding carboxylic acids is 1. The summed E-state index contributed by atoms with van der Waals surface area (Å²) >= 11 is 0. The van der Waals surface area contributed by atoms with Gasteiger partial charge in [0.25, 0.3) is 5.69 Å². The van der Waals surface area contributed by atoms with E-state index < -0.39 is 14.8 Å². The molecule has 0 aliphatic carbocycles. The molecule has 2 fully saturated rings. The summed E-state index contributed by atoms with van der Waals surface area (Å²) in [6.07, 6.45) is 1.02. The van der Waals surface area contributed by atoms with E-state index in [-0.39, 0.29) is 22.4 Å². The molecule has 0 saturated carbocycles. The van der Waals surface area contributed by atoms with E-state index in [4.69, 9.17) is 0 Å². The topological polar surface area (TPSA) is 113 Å². The Balaban J connectivity index is 1.72. The molecule has 1 atom stereocenters. The number of piperazine rings is 1. The largest absolute Gasteiger partial charge is 0.362 e. The number of nitrogens with zero attached hydrogens (tertiary/aromatic N) is 3. The Bertz CT molecular complexity index is 845. The maximum atomic E-state index is 12.6. The summed E-state index contributed by atoms with van der Waals surface area (Å²) in [4.78, 5) is 27.1. The fraction of sp³-hybridized carbons (Fsp3) is 0.588. The van der Waals surface area contributed by atoms with Crippen LogP contribution in [0.5, 0.6) is 0 Å². The molecule has 0 spiro atoms. The molecule has 1 aromatic rings. The highest BCUT2D eigenvalue weighted by atomic mass is 32.2. The molecular formula is C17H24N4O5S. The SMILES string of the molecule is CC(C(=O)N1CCN(c2ccc(S(C)(=O)=O)cc2[N+](=O)[O-])CC1)C1CNC1. The van der Waals surface area contributed by atoms with Gasteiger partial charge in [0.15, 0.2) is 9.84 Å². The number of sulfone groups is 1. The van der Waals surface area contributed by atoms with Crippen molar-refractivity contribution in [2.24, 2.45) is 11.8 Å². The second kappa shape index (κ2) is 7.43. The van der Waals surface area contributed by atoms with Crippen molar-refractivity contribution in [2.45, 2.75) is 11.8 Å². The van der Waals surface area contributed by atoms with Crippen LogP contribution in [0, 0.1) is 22.0 Å². The van der Waals surface area contributed by atoms with Crippen LogP contribution in [0.25, 0.3) is 0 Å². The van der Waals surface area contributed by atoms with Crippen LogP contribution in [-0.4, -0.2) is 69.7 Å². The summed E-state index contributed by atoms with van der Waals surface area (Å²) in [7, 11) is -3.52. The van der Waals surface area contributed by atoms with Crippen LogP contribution in [0.1, 0.15) is 6.92 Å². The highest BCUT2D eigenvalue weighted by Gasteiger charge is 2.33. The Morgan fingerprint density at radius 3 is 2.37 bits per heavy atom. The van der Waals surface area contributed by atoms with Crippen LogP contribution < -0.4 is 10.2 Å². The lowest BCUT2D eigenvalue weighted by atomic mass is 9.88. The van der Waals surface area contributed by atoms with Crippen LogP contribution in [0.15, 0.2) is 23.1 Å². The fourth-order valence-corrected chi connectivity index (χ4v) is 4.11. The van der Waals surface area contributed by atoms with E-state index in [2.05, 4.69) is 5.32 Å². The van der Waals surface area contributed by atoms with Crippen molar-refractivity contribution in [1.82, 2.24) is 10.2 Å². The Labute approximate surface area is 158 Å². The zero-order chi connectivity index (χ0) is 19.8. The van der Waals surface area contributed by atoms with Gasteiger partial charge in [0, 0.05) is 44.4 Å². The monoisotopic (exact) mass is 396 g/mol. The van der Waals surface area contributed by atoms with Crippen molar-refractivity contribution in [2.75, 3.05) is 50.4 Å². The molecule has 2 heterocycles. The maximum Gasteiger partial charge on any atom is 0.293 e. The predicted molar refractivity (Wildman–Crippen MR) is 101 cm³/mol. The number of hydrogen-bond donors (Lipinski definition) is 1. The van der Waals surface area contributed by atoms with E-state index in [1.54, 1.807) is 0 Å². The smallest absolute Gasteiger partial charge is 0.293 e. The molecule has 3 rings (SSSR count). The first-order valence-corrected chi connectivity index (χ1v) is 10.8. The predicted octanol–water partition coefficient (Wildman–Crippen LogP) is 0.502. The number of carbonyl (C=O) groups is 1. The summed E-state index contributed by atoms with van der Waals surface area (Å²) in [6, 6.07) is 3.98. The number of hydrogen-bond acceptors (Lipinski definition) is 7. The van der Waals surface area contributed by atoms with Gasteiger partial charge < -0.3 is 15.1 Å². The Kier molecular flexibility index (Phi) is 5.38. The fourth-order valence-electron chi connectivity index (χ4n) is 3.47. The zero-order valence-corrected chi connectivity index (χ0v) is 16.2. The highest BCUT2D eigenvalue weighted by Crippen LogP contribution is 2.32. The van der Waals surface area contributed by atoms with Gasteiger partial charge in [-0.2, -0.15) is 0 Å². The molecule has 0 bridgehead atoms. The van der Waals surface area contributed by atoms with E-state index >= 15 is 0 Å². The molecule has 27 heavy (non-hydrogen) atoms. The standard InChI is InChI=1S/C17H24N4O5S/c1-12(13-10-18-11-13)17(22)20-7-5-19(6-8-20)15-4-3-14(27(2,25)26)9-16(15)21(23)24/h3-4,9,12-13,18H,5-8,10-11H2,1-2H3. The molecule has 0 aromatic heterocycles. The molecular weight excluding hydrogens is 372 g/mol. The second-order valence-electron chi connectivity index (χ2n) is 7.20. The lowest BCUT2D eigenvalue weighted by Gasteiger charge is -2.39. The van der Waals surface area contributed by atoms with Gasteiger partial charge in [-0.05, 0) is 31.1 Å². The number of anilines is 1. The summed E-state index contributed by atoms with van der Waals surface area (Å²) in [5.74, 6) is 0.476. The Hall–Kier alpha value is -2.20. The average Bonchev–Trinajstić information content (AvgIpc) is 2.58. The second-order valence-corrected chi connectivity index (χ2v) is 9.21. The van der Waals surface area contributed by atoms with E-state index in [0.29, 0.717) is 37.8 Å². The lowest BCUT2D eigenvalue weighted by molar-refractivity contribution is -0.384. The van der Waals surface area contributed by atoms with E-state index in [1.807, 2.05) is 16.7 Å². The van der Waals surface area contributed by atoms with E-state index in [9.17, 15) is 23.3 Å². The first kappa shape index (κ1) is 19.6. The number of amides is 1. The van der Waals surface area contributed by atoms with Crippen molar-refractivity contribution in [3.8, 4) is 0 Å². The molecule has 2 aliphatic rings. The minimum absolute atomic E-state index is 0.0267. The summed E-state index contributed by atoms with van der Waals surface area (Å²) < 4.78 is 23.4. The lowest BCUT2D eigenvalue weighted by Crippen LogP contribution is -2.54.